The second kappa shape index (κ2) is 7.03. The number of fused-ring (bicyclic) bond motifs is 1. The molecule has 3 heterocycles. The fraction of sp³-hybridized carbons (Fsp3) is 0.421. The zero-order valence-electron chi connectivity index (χ0n) is 15.8. The van der Waals surface area contributed by atoms with Crippen molar-refractivity contribution in [1.29, 1.82) is 0 Å². The topological polar surface area (TPSA) is 75.0 Å². The van der Waals surface area contributed by atoms with Crippen molar-refractivity contribution in [2.75, 3.05) is 50.6 Å². The molecule has 2 aliphatic heterocycles. The van der Waals surface area contributed by atoms with Crippen molar-refractivity contribution >= 4 is 17.6 Å². The number of anilines is 2. The quantitative estimate of drug-likeness (QED) is 0.861. The Bertz CT molecular complexity index is 913. The molecule has 4 rings (SSSR count). The van der Waals surface area contributed by atoms with Gasteiger partial charge in [0.05, 0.1) is 13.2 Å². The predicted molar refractivity (Wildman–Crippen MR) is 106 cm³/mol. The van der Waals surface area contributed by atoms with Gasteiger partial charge < -0.3 is 14.5 Å². The van der Waals surface area contributed by atoms with Crippen molar-refractivity contribution in [2.24, 2.45) is 4.99 Å². The van der Waals surface area contributed by atoms with Crippen LogP contribution in [0.1, 0.15) is 17.4 Å². The summed E-state index contributed by atoms with van der Waals surface area (Å²) in [5, 5.41) is 3.24. The number of ether oxygens (including phenoxy) is 1. The van der Waals surface area contributed by atoms with Crippen molar-refractivity contribution in [3.63, 3.8) is 0 Å². The maximum absolute atomic E-state index is 12.7. The SMILES string of the molecule is Cc1cc(=O)n2c(n1)NC(N1CCOCC1)=NC2c1ccc(N(C)C)cc1. The Hall–Kier alpha value is -2.87. The number of aromatic nitrogens is 2. The van der Waals surface area contributed by atoms with Gasteiger partial charge in [-0.15, -0.1) is 0 Å². The maximum Gasteiger partial charge on any atom is 0.257 e. The van der Waals surface area contributed by atoms with Gasteiger partial charge in [0.15, 0.2) is 6.17 Å². The van der Waals surface area contributed by atoms with Crippen LogP contribution in [-0.4, -0.2) is 60.8 Å². The van der Waals surface area contributed by atoms with Crippen LogP contribution >= 0.6 is 0 Å². The summed E-state index contributed by atoms with van der Waals surface area (Å²) in [7, 11) is 4.00. The number of hydrogen-bond donors (Lipinski definition) is 1. The normalized spacial score (nSPS) is 19.1. The summed E-state index contributed by atoms with van der Waals surface area (Å²) in [6.07, 6.45) is -0.448. The molecule has 1 fully saturated rings. The maximum atomic E-state index is 12.7. The Morgan fingerprint density at radius 3 is 2.56 bits per heavy atom. The molecule has 27 heavy (non-hydrogen) atoms. The van der Waals surface area contributed by atoms with E-state index in [1.165, 1.54) is 0 Å². The zero-order valence-corrected chi connectivity index (χ0v) is 15.8. The first-order valence-corrected chi connectivity index (χ1v) is 9.08. The van der Waals surface area contributed by atoms with Crippen LogP contribution in [0.2, 0.25) is 0 Å². The highest BCUT2D eigenvalue weighted by Crippen LogP contribution is 2.27. The molecule has 0 bridgehead atoms. The molecule has 1 saturated heterocycles. The second-order valence-corrected chi connectivity index (χ2v) is 6.97. The van der Waals surface area contributed by atoms with Gasteiger partial charge in [-0.1, -0.05) is 12.1 Å². The van der Waals surface area contributed by atoms with Gasteiger partial charge in [0.25, 0.3) is 5.56 Å². The van der Waals surface area contributed by atoms with Gasteiger partial charge in [0, 0.05) is 44.6 Å². The van der Waals surface area contributed by atoms with E-state index < -0.39 is 6.17 Å². The number of aryl methyl sites for hydroxylation is 1. The molecular formula is C19H24N6O2. The fourth-order valence-electron chi connectivity index (χ4n) is 3.34. The molecule has 1 atom stereocenters. The first kappa shape index (κ1) is 17.5. The highest BCUT2D eigenvalue weighted by Gasteiger charge is 2.28. The fourth-order valence-corrected chi connectivity index (χ4v) is 3.34. The summed E-state index contributed by atoms with van der Waals surface area (Å²) in [5.74, 6) is 1.26. The smallest absolute Gasteiger partial charge is 0.257 e. The van der Waals surface area contributed by atoms with E-state index in [2.05, 4.69) is 15.2 Å². The molecule has 1 N–H and O–H groups in total. The molecular weight excluding hydrogens is 344 g/mol. The standard InChI is InChI=1S/C19H24N6O2/c1-13-12-16(26)25-17(14-4-6-15(7-5-14)23(2)3)21-18(22-19(25)20-13)24-8-10-27-11-9-24/h4-7,12,17H,8-11H2,1-3H3,(H,20,21,22). The molecule has 1 aromatic heterocycles. The van der Waals surface area contributed by atoms with Crippen LogP contribution in [0.5, 0.6) is 0 Å². The number of aliphatic imine (C=N–C) groups is 1. The molecule has 0 saturated carbocycles. The van der Waals surface area contributed by atoms with E-state index in [9.17, 15) is 4.79 Å². The second-order valence-electron chi connectivity index (χ2n) is 6.97. The van der Waals surface area contributed by atoms with E-state index in [1.54, 1.807) is 10.6 Å². The molecule has 2 aromatic rings. The first-order chi connectivity index (χ1) is 13.0. The summed E-state index contributed by atoms with van der Waals surface area (Å²) in [6, 6.07) is 9.65. The van der Waals surface area contributed by atoms with Crippen molar-refractivity contribution in [3.8, 4) is 0 Å². The summed E-state index contributed by atoms with van der Waals surface area (Å²) >= 11 is 0. The first-order valence-electron chi connectivity index (χ1n) is 9.08. The largest absolute Gasteiger partial charge is 0.378 e. The van der Waals surface area contributed by atoms with E-state index in [0.717, 1.165) is 30.3 Å². The Balaban J connectivity index is 1.79. The number of morpholine rings is 1. The molecule has 1 aromatic carbocycles. The Morgan fingerprint density at radius 2 is 1.89 bits per heavy atom. The van der Waals surface area contributed by atoms with E-state index >= 15 is 0 Å². The lowest BCUT2D eigenvalue weighted by molar-refractivity contribution is 0.0675. The van der Waals surface area contributed by atoms with Gasteiger partial charge in [0.1, 0.15) is 0 Å². The van der Waals surface area contributed by atoms with Gasteiger partial charge in [0.2, 0.25) is 11.9 Å². The van der Waals surface area contributed by atoms with Crippen LogP contribution in [0, 0.1) is 6.92 Å². The molecule has 0 aliphatic carbocycles. The highest BCUT2D eigenvalue weighted by atomic mass is 16.5. The molecule has 8 heteroatoms. The number of benzene rings is 1. The summed E-state index contributed by atoms with van der Waals surface area (Å²) in [5.41, 5.74) is 2.61. The van der Waals surface area contributed by atoms with Crippen LogP contribution in [0.4, 0.5) is 11.6 Å². The third-order valence-electron chi connectivity index (χ3n) is 4.81. The molecule has 0 spiro atoms. The number of guanidine groups is 1. The van der Waals surface area contributed by atoms with Crippen LogP contribution in [0.3, 0.4) is 0 Å². The van der Waals surface area contributed by atoms with Crippen molar-refractivity contribution < 1.29 is 4.74 Å². The summed E-state index contributed by atoms with van der Waals surface area (Å²) in [4.78, 5) is 26.3. The van der Waals surface area contributed by atoms with Crippen LogP contribution in [-0.2, 0) is 4.74 Å². The molecule has 142 valence electrons. The van der Waals surface area contributed by atoms with E-state index in [-0.39, 0.29) is 5.56 Å². The van der Waals surface area contributed by atoms with Gasteiger partial charge in [-0.2, -0.15) is 0 Å². The van der Waals surface area contributed by atoms with E-state index in [4.69, 9.17) is 9.73 Å². The minimum atomic E-state index is -0.448. The predicted octanol–water partition coefficient (Wildman–Crippen LogP) is 1.28. The third-order valence-corrected chi connectivity index (χ3v) is 4.81. The molecule has 0 amide bonds. The van der Waals surface area contributed by atoms with Crippen molar-refractivity contribution in [3.05, 3.63) is 51.9 Å². The van der Waals surface area contributed by atoms with Gasteiger partial charge in [-0.05, 0) is 24.6 Å². The Kier molecular flexibility index (Phi) is 4.57. The average molecular weight is 368 g/mol. The minimum absolute atomic E-state index is 0.114. The van der Waals surface area contributed by atoms with Crippen LogP contribution < -0.4 is 15.8 Å². The Labute approximate surface area is 158 Å². The van der Waals surface area contributed by atoms with Crippen LogP contribution in [0.25, 0.3) is 0 Å². The van der Waals surface area contributed by atoms with Gasteiger partial charge in [-0.25, -0.2) is 9.98 Å². The molecule has 8 nitrogen and oxygen atoms in total. The lowest BCUT2D eigenvalue weighted by atomic mass is 10.1. The lowest BCUT2D eigenvalue weighted by Gasteiger charge is -2.34. The van der Waals surface area contributed by atoms with Gasteiger partial charge in [-0.3, -0.25) is 14.7 Å². The number of rotatable bonds is 2. The Morgan fingerprint density at radius 1 is 1.19 bits per heavy atom. The van der Waals surface area contributed by atoms with Crippen molar-refractivity contribution in [2.45, 2.75) is 13.1 Å². The van der Waals surface area contributed by atoms with E-state index in [0.29, 0.717) is 24.9 Å². The number of nitrogens with one attached hydrogen (secondary N) is 1. The summed E-state index contributed by atoms with van der Waals surface area (Å²) in [6.45, 7) is 4.67. The molecule has 1 unspecified atom stereocenters. The number of nitrogens with zero attached hydrogens (tertiary/aromatic N) is 5. The van der Waals surface area contributed by atoms with Gasteiger partial charge >= 0.3 is 0 Å². The average Bonchev–Trinajstić information content (AvgIpc) is 2.67. The zero-order chi connectivity index (χ0) is 19.0. The van der Waals surface area contributed by atoms with Crippen molar-refractivity contribution in [1.82, 2.24) is 14.5 Å². The number of hydrogen-bond acceptors (Lipinski definition) is 7. The minimum Gasteiger partial charge on any atom is -0.378 e. The van der Waals surface area contributed by atoms with Crippen LogP contribution in [0.15, 0.2) is 40.1 Å². The molecule has 2 aliphatic rings. The summed E-state index contributed by atoms with van der Waals surface area (Å²) < 4.78 is 7.06. The third kappa shape index (κ3) is 3.40. The van der Waals surface area contributed by atoms with E-state index in [1.807, 2.05) is 50.2 Å². The monoisotopic (exact) mass is 368 g/mol. The molecule has 0 radical (unpaired) electrons. The lowest BCUT2D eigenvalue weighted by Crippen LogP contribution is -2.47. The highest BCUT2D eigenvalue weighted by molar-refractivity contribution is 5.93.